The highest BCUT2D eigenvalue weighted by molar-refractivity contribution is 6.01. The van der Waals surface area contributed by atoms with Crippen LogP contribution in [0.4, 0.5) is 0 Å². The number of fused-ring (bicyclic) bond motifs is 2. The number of hydrogen-bond donors (Lipinski definition) is 1. The summed E-state index contributed by atoms with van der Waals surface area (Å²) in [5.74, 6) is -0.953. The maximum Gasteiger partial charge on any atom is 0.337 e. The molecule has 0 unspecified atom stereocenters. The number of aromatic nitrogens is 2. The van der Waals surface area contributed by atoms with Gasteiger partial charge in [-0.3, -0.25) is 0 Å². The van der Waals surface area contributed by atoms with Gasteiger partial charge in [-0.05, 0) is 28.5 Å². The first-order valence-corrected chi connectivity index (χ1v) is 7.38. The summed E-state index contributed by atoms with van der Waals surface area (Å²) in [6.45, 7) is 0.654. The van der Waals surface area contributed by atoms with E-state index in [-0.39, 0.29) is 5.56 Å². The van der Waals surface area contributed by atoms with Crippen molar-refractivity contribution >= 4 is 27.8 Å². The van der Waals surface area contributed by atoms with E-state index in [1.54, 1.807) is 18.5 Å². The van der Waals surface area contributed by atoms with E-state index in [2.05, 4.69) is 29.2 Å². The number of rotatable bonds is 3. The van der Waals surface area contributed by atoms with E-state index in [4.69, 9.17) is 0 Å². The monoisotopic (exact) mass is 302 g/mol. The van der Waals surface area contributed by atoms with Crippen LogP contribution in [0.2, 0.25) is 0 Å². The van der Waals surface area contributed by atoms with E-state index in [0.29, 0.717) is 12.1 Å². The zero-order valence-electron chi connectivity index (χ0n) is 12.3. The Hall–Kier alpha value is -3.14. The molecule has 0 aliphatic carbocycles. The zero-order valence-corrected chi connectivity index (χ0v) is 12.3. The number of carboxylic acids is 1. The van der Waals surface area contributed by atoms with E-state index in [1.807, 2.05) is 28.8 Å². The molecule has 23 heavy (non-hydrogen) atoms. The first-order valence-electron chi connectivity index (χ1n) is 7.38. The molecule has 0 aliphatic rings. The highest BCUT2D eigenvalue weighted by Gasteiger charge is 2.12. The maximum atomic E-state index is 11.3. The van der Waals surface area contributed by atoms with Crippen molar-refractivity contribution in [2.75, 3.05) is 0 Å². The second kappa shape index (κ2) is 5.25. The van der Waals surface area contributed by atoms with Gasteiger partial charge in [-0.15, -0.1) is 0 Å². The van der Waals surface area contributed by atoms with Gasteiger partial charge in [-0.1, -0.05) is 48.5 Å². The van der Waals surface area contributed by atoms with Gasteiger partial charge >= 0.3 is 5.97 Å². The van der Waals surface area contributed by atoms with Gasteiger partial charge in [0.25, 0.3) is 0 Å². The van der Waals surface area contributed by atoms with Crippen LogP contribution in [0.5, 0.6) is 0 Å². The second-order valence-corrected chi connectivity index (χ2v) is 5.49. The predicted octanol–water partition coefficient (Wildman–Crippen LogP) is 3.94. The molecule has 1 N–H and O–H groups in total. The van der Waals surface area contributed by atoms with Crippen LogP contribution < -0.4 is 0 Å². The molecule has 1 aromatic heterocycles. The Bertz CT molecular complexity index is 1030. The molecule has 0 amide bonds. The number of para-hydroxylation sites is 1. The van der Waals surface area contributed by atoms with Crippen molar-refractivity contribution < 1.29 is 9.90 Å². The third-order valence-electron chi connectivity index (χ3n) is 4.10. The Morgan fingerprint density at radius 1 is 1.00 bits per heavy atom. The van der Waals surface area contributed by atoms with E-state index in [1.165, 1.54) is 16.3 Å². The topological polar surface area (TPSA) is 55.1 Å². The van der Waals surface area contributed by atoms with Crippen LogP contribution in [0.1, 0.15) is 15.9 Å². The lowest BCUT2D eigenvalue weighted by Crippen LogP contribution is -2.00. The summed E-state index contributed by atoms with van der Waals surface area (Å²) in [5, 5.41) is 11.7. The Morgan fingerprint density at radius 2 is 1.78 bits per heavy atom. The van der Waals surface area contributed by atoms with Crippen molar-refractivity contribution in [1.29, 1.82) is 0 Å². The second-order valence-electron chi connectivity index (χ2n) is 5.49. The third-order valence-corrected chi connectivity index (χ3v) is 4.10. The Labute approximate surface area is 132 Å². The van der Waals surface area contributed by atoms with Crippen molar-refractivity contribution in [3.8, 4) is 0 Å². The summed E-state index contributed by atoms with van der Waals surface area (Å²) >= 11 is 0. The van der Waals surface area contributed by atoms with Crippen molar-refractivity contribution in [2.45, 2.75) is 6.54 Å². The van der Waals surface area contributed by atoms with Gasteiger partial charge in [0.1, 0.15) is 5.52 Å². The van der Waals surface area contributed by atoms with Gasteiger partial charge < -0.3 is 9.67 Å². The van der Waals surface area contributed by atoms with E-state index in [0.717, 1.165) is 5.52 Å². The van der Waals surface area contributed by atoms with Crippen LogP contribution in [0.25, 0.3) is 21.8 Å². The predicted molar refractivity (Wildman–Crippen MR) is 89.7 cm³/mol. The minimum absolute atomic E-state index is 0.235. The number of carbonyl (C=O) groups is 1. The largest absolute Gasteiger partial charge is 0.478 e. The molecule has 0 saturated heterocycles. The third kappa shape index (κ3) is 2.25. The fourth-order valence-electron chi connectivity index (χ4n) is 3.00. The summed E-state index contributed by atoms with van der Waals surface area (Å²) < 4.78 is 1.99. The molecule has 4 heteroatoms. The minimum Gasteiger partial charge on any atom is -0.478 e. The maximum absolute atomic E-state index is 11.3. The van der Waals surface area contributed by atoms with Gasteiger partial charge in [0.2, 0.25) is 0 Å². The molecule has 4 rings (SSSR count). The molecular formula is C19H14N2O2. The molecule has 0 aliphatic heterocycles. The van der Waals surface area contributed by atoms with Crippen LogP contribution in [0, 0.1) is 0 Å². The molecule has 1 heterocycles. The molecule has 0 bridgehead atoms. The lowest BCUT2D eigenvalue weighted by molar-refractivity contribution is 0.0699. The molecule has 0 radical (unpaired) electrons. The number of benzene rings is 3. The normalized spacial score (nSPS) is 11.1. The van der Waals surface area contributed by atoms with Crippen molar-refractivity contribution in [1.82, 2.24) is 9.55 Å². The molecule has 0 saturated carbocycles. The molecule has 0 spiro atoms. The number of hydrogen-bond acceptors (Lipinski definition) is 2. The summed E-state index contributed by atoms with van der Waals surface area (Å²) in [6.07, 6.45) is 1.71. The van der Waals surface area contributed by atoms with Gasteiger partial charge in [0.05, 0.1) is 17.4 Å². The highest BCUT2D eigenvalue weighted by Crippen LogP contribution is 2.22. The Morgan fingerprint density at radius 3 is 2.65 bits per heavy atom. The Kier molecular flexibility index (Phi) is 3.08. The summed E-state index contributed by atoms with van der Waals surface area (Å²) in [5.41, 5.74) is 2.78. The van der Waals surface area contributed by atoms with Crippen LogP contribution >= 0.6 is 0 Å². The average Bonchev–Trinajstić information content (AvgIpc) is 2.98. The molecule has 3 aromatic carbocycles. The van der Waals surface area contributed by atoms with E-state index >= 15 is 0 Å². The van der Waals surface area contributed by atoms with Crippen LogP contribution in [-0.2, 0) is 6.54 Å². The van der Waals surface area contributed by atoms with E-state index < -0.39 is 5.97 Å². The number of nitrogens with zero attached hydrogens (tertiary/aromatic N) is 2. The minimum atomic E-state index is -0.953. The van der Waals surface area contributed by atoms with Gasteiger partial charge in [-0.25, -0.2) is 9.78 Å². The van der Waals surface area contributed by atoms with Gasteiger partial charge in [0.15, 0.2) is 0 Å². The average molecular weight is 302 g/mol. The van der Waals surface area contributed by atoms with Crippen molar-refractivity contribution in [3.05, 3.63) is 78.1 Å². The summed E-state index contributed by atoms with van der Waals surface area (Å²) in [6, 6.07) is 19.7. The summed E-state index contributed by atoms with van der Waals surface area (Å²) in [4.78, 5) is 15.6. The van der Waals surface area contributed by atoms with Gasteiger partial charge in [0, 0.05) is 6.54 Å². The fourth-order valence-corrected chi connectivity index (χ4v) is 3.00. The highest BCUT2D eigenvalue weighted by atomic mass is 16.4. The molecule has 4 nitrogen and oxygen atoms in total. The molecule has 4 aromatic rings. The van der Waals surface area contributed by atoms with E-state index in [9.17, 15) is 9.90 Å². The van der Waals surface area contributed by atoms with Gasteiger partial charge in [-0.2, -0.15) is 0 Å². The molecular weight excluding hydrogens is 288 g/mol. The first kappa shape index (κ1) is 13.5. The quantitative estimate of drug-likeness (QED) is 0.623. The number of aromatic carboxylic acids is 1. The van der Waals surface area contributed by atoms with Crippen LogP contribution in [0.15, 0.2) is 67.0 Å². The van der Waals surface area contributed by atoms with Crippen LogP contribution in [0.3, 0.4) is 0 Å². The first-order chi connectivity index (χ1) is 11.2. The standard InChI is InChI=1S/C19H14N2O2/c22-19(23)16-9-4-10-17-18(16)20-12-21(17)11-14-7-3-6-13-5-1-2-8-15(13)14/h1-10,12H,11H2,(H,22,23). The lowest BCUT2D eigenvalue weighted by Gasteiger charge is -2.08. The Balaban J connectivity index is 1.84. The fraction of sp³-hybridized carbons (Fsp3) is 0.0526. The molecule has 112 valence electrons. The zero-order chi connectivity index (χ0) is 15.8. The SMILES string of the molecule is O=C(O)c1cccc2c1ncn2Cc1cccc2ccccc12. The number of imidazole rings is 1. The summed E-state index contributed by atoms with van der Waals surface area (Å²) in [7, 11) is 0. The molecule has 0 atom stereocenters. The lowest BCUT2D eigenvalue weighted by atomic mass is 10.0. The van der Waals surface area contributed by atoms with Crippen molar-refractivity contribution in [2.24, 2.45) is 0 Å². The number of carboxylic acid groups (broad SMARTS) is 1. The molecule has 0 fully saturated rings. The van der Waals surface area contributed by atoms with Crippen molar-refractivity contribution in [3.63, 3.8) is 0 Å². The van der Waals surface area contributed by atoms with Crippen LogP contribution in [-0.4, -0.2) is 20.6 Å². The smallest absolute Gasteiger partial charge is 0.337 e.